The first-order valence-electron chi connectivity index (χ1n) is 5.69. The van der Waals surface area contributed by atoms with Gasteiger partial charge in [-0.25, -0.2) is 0 Å². The normalized spacial score (nSPS) is 36.9. The molecule has 0 aliphatic heterocycles. The highest BCUT2D eigenvalue weighted by Gasteiger charge is 2.41. The minimum atomic E-state index is 0.547. The van der Waals surface area contributed by atoms with E-state index in [0.29, 0.717) is 6.04 Å². The van der Waals surface area contributed by atoms with E-state index < -0.39 is 0 Å². The van der Waals surface area contributed by atoms with Crippen molar-refractivity contribution < 1.29 is 0 Å². The Balaban J connectivity index is 1.86. The van der Waals surface area contributed by atoms with E-state index in [0.717, 1.165) is 22.9 Å². The molecule has 0 aromatic carbocycles. The summed E-state index contributed by atoms with van der Waals surface area (Å²) in [5.41, 5.74) is 0. The fourth-order valence-electron chi connectivity index (χ4n) is 3.29. The Morgan fingerprint density at radius 2 is 2.14 bits per heavy atom. The maximum Gasteiger partial charge on any atom is 0.166 e. The Kier molecular flexibility index (Phi) is 2.96. The molecule has 2 nitrogen and oxygen atoms in total. The van der Waals surface area contributed by atoms with Crippen molar-refractivity contribution in [1.82, 2.24) is 10.6 Å². The molecule has 0 amide bonds. The van der Waals surface area contributed by atoms with Crippen molar-refractivity contribution >= 4 is 17.3 Å². The molecule has 3 heteroatoms. The Labute approximate surface area is 91.8 Å². The molecule has 2 fully saturated rings. The highest BCUT2D eigenvalue weighted by atomic mass is 32.1. The zero-order valence-corrected chi connectivity index (χ0v) is 9.86. The molecule has 0 radical (unpaired) electrons. The summed E-state index contributed by atoms with van der Waals surface area (Å²) in [6.07, 6.45) is 5.83. The van der Waals surface area contributed by atoms with Crippen molar-refractivity contribution in [3.8, 4) is 0 Å². The standard InChI is InChI=1S/C11H20N2S/c1-7(13-11(14)12-2)10-6-8-3-4-9(10)5-8/h7-10H,3-6H2,1-2H3,(H2,12,13,14)/t7-,8-,9-,10-/m1/s1. The number of thiocarbonyl (C=S) groups is 1. The van der Waals surface area contributed by atoms with Crippen LogP contribution in [0.15, 0.2) is 0 Å². The smallest absolute Gasteiger partial charge is 0.166 e. The van der Waals surface area contributed by atoms with Crippen LogP contribution in [0.4, 0.5) is 0 Å². The van der Waals surface area contributed by atoms with Crippen LogP contribution in [-0.2, 0) is 0 Å². The topological polar surface area (TPSA) is 24.1 Å². The van der Waals surface area contributed by atoms with Gasteiger partial charge in [-0.2, -0.15) is 0 Å². The van der Waals surface area contributed by atoms with Gasteiger partial charge in [-0.3, -0.25) is 0 Å². The van der Waals surface area contributed by atoms with Crippen LogP contribution in [0.25, 0.3) is 0 Å². The number of hydrogen-bond donors (Lipinski definition) is 2. The molecule has 14 heavy (non-hydrogen) atoms. The number of fused-ring (bicyclic) bond motifs is 2. The van der Waals surface area contributed by atoms with Crippen molar-refractivity contribution in [2.75, 3.05) is 7.05 Å². The van der Waals surface area contributed by atoms with Gasteiger partial charge >= 0.3 is 0 Å². The van der Waals surface area contributed by atoms with Crippen molar-refractivity contribution in [3.05, 3.63) is 0 Å². The van der Waals surface area contributed by atoms with E-state index in [1.54, 1.807) is 0 Å². The van der Waals surface area contributed by atoms with E-state index in [4.69, 9.17) is 12.2 Å². The van der Waals surface area contributed by atoms with Crippen LogP contribution in [0, 0.1) is 17.8 Å². The highest BCUT2D eigenvalue weighted by molar-refractivity contribution is 7.80. The molecule has 0 heterocycles. The van der Waals surface area contributed by atoms with Crippen LogP contribution in [0.2, 0.25) is 0 Å². The van der Waals surface area contributed by atoms with Crippen LogP contribution in [0.1, 0.15) is 32.6 Å². The summed E-state index contributed by atoms with van der Waals surface area (Å²) in [7, 11) is 1.88. The van der Waals surface area contributed by atoms with Gasteiger partial charge < -0.3 is 10.6 Å². The SMILES string of the molecule is CNC(=S)N[C@H](C)[C@H]1C[C@@H]2CC[C@@H]1C2. The molecule has 0 spiro atoms. The number of nitrogens with one attached hydrogen (secondary N) is 2. The molecule has 0 aromatic heterocycles. The van der Waals surface area contributed by atoms with E-state index >= 15 is 0 Å². The monoisotopic (exact) mass is 212 g/mol. The zero-order valence-electron chi connectivity index (χ0n) is 9.05. The first-order chi connectivity index (χ1) is 6.70. The van der Waals surface area contributed by atoms with Gasteiger partial charge in [-0.1, -0.05) is 6.42 Å². The predicted molar refractivity (Wildman–Crippen MR) is 63.2 cm³/mol. The van der Waals surface area contributed by atoms with Gasteiger partial charge in [0.05, 0.1) is 0 Å². The maximum absolute atomic E-state index is 5.13. The van der Waals surface area contributed by atoms with E-state index in [9.17, 15) is 0 Å². The number of hydrogen-bond acceptors (Lipinski definition) is 1. The van der Waals surface area contributed by atoms with Crippen LogP contribution < -0.4 is 10.6 Å². The molecule has 0 saturated heterocycles. The van der Waals surface area contributed by atoms with Crippen LogP contribution in [0.3, 0.4) is 0 Å². The van der Waals surface area contributed by atoms with Gasteiger partial charge in [-0.05, 0) is 56.2 Å². The molecule has 80 valence electrons. The third kappa shape index (κ3) is 1.88. The summed E-state index contributed by atoms with van der Waals surface area (Å²) < 4.78 is 0. The first-order valence-corrected chi connectivity index (χ1v) is 6.09. The van der Waals surface area contributed by atoms with Gasteiger partial charge in [0.15, 0.2) is 5.11 Å². The lowest BCUT2D eigenvalue weighted by Crippen LogP contribution is -2.43. The average Bonchev–Trinajstić information content (AvgIpc) is 2.78. The van der Waals surface area contributed by atoms with Crippen molar-refractivity contribution in [2.24, 2.45) is 17.8 Å². The summed E-state index contributed by atoms with van der Waals surface area (Å²) >= 11 is 5.13. The minimum Gasteiger partial charge on any atom is -0.366 e. The first kappa shape index (κ1) is 10.2. The molecule has 2 bridgehead atoms. The van der Waals surface area contributed by atoms with Crippen LogP contribution in [-0.4, -0.2) is 18.2 Å². The summed E-state index contributed by atoms with van der Waals surface area (Å²) in [4.78, 5) is 0. The molecule has 2 aliphatic rings. The van der Waals surface area contributed by atoms with Gasteiger partial charge in [0.1, 0.15) is 0 Å². The molecule has 2 aliphatic carbocycles. The molecular weight excluding hydrogens is 192 g/mol. The summed E-state index contributed by atoms with van der Waals surface area (Å²) in [6.45, 7) is 2.27. The molecule has 2 N–H and O–H groups in total. The second kappa shape index (κ2) is 4.05. The molecule has 4 atom stereocenters. The van der Waals surface area contributed by atoms with Gasteiger partial charge in [0, 0.05) is 13.1 Å². The molecule has 2 rings (SSSR count). The lowest BCUT2D eigenvalue weighted by molar-refractivity contribution is 0.278. The van der Waals surface area contributed by atoms with E-state index in [1.165, 1.54) is 25.7 Å². The third-order valence-electron chi connectivity index (χ3n) is 4.02. The van der Waals surface area contributed by atoms with Crippen LogP contribution >= 0.6 is 12.2 Å². The summed E-state index contributed by atoms with van der Waals surface area (Å²) in [5, 5.41) is 7.15. The Hall–Kier alpha value is -0.310. The molecular formula is C11H20N2S. The fourth-order valence-corrected chi connectivity index (χ4v) is 3.48. The molecule has 0 unspecified atom stereocenters. The Morgan fingerprint density at radius 3 is 2.64 bits per heavy atom. The fraction of sp³-hybridized carbons (Fsp3) is 0.909. The van der Waals surface area contributed by atoms with Gasteiger partial charge in [0.25, 0.3) is 0 Å². The minimum absolute atomic E-state index is 0.547. The lowest BCUT2D eigenvalue weighted by atomic mass is 9.84. The second-order valence-corrected chi connectivity index (χ2v) is 5.26. The van der Waals surface area contributed by atoms with E-state index in [1.807, 2.05) is 7.05 Å². The van der Waals surface area contributed by atoms with Crippen molar-refractivity contribution in [1.29, 1.82) is 0 Å². The average molecular weight is 212 g/mol. The van der Waals surface area contributed by atoms with E-state index in [-0.39, 0.29) is 0 Å². The third-order valence-corrected chi connectivity index (χ3v) is 4.34. The van der Waals surface area contributed by atoms with Crippen molar-refractivity contribution in [3.63, 3.8) is 0 Å². The Bertz CT molecular complexity index is 229. The quantitative estimate of drug-likeness (QED) is 0.684. The van der Waals surface area contributed by atoms with Crippen LogP contribution in [0.5, 0.6) is 0 Å². The molecule has 0 aromatic rings. The predicted octanol–water partition coefficient (Wildman–Crippen LogP) is 1.90. The zero-order chi connectivity index (χ0) is 10.1. The van der Waals surface area contributed by atoms with Crippen molar-refractivity contribution in [2.45, 2.75) is 38.6 Å². The lowest BCUT2D eigenvalue weighted by Gasteiger charge is -2.29. The van der Waals surface area contributed by atoms with Gasteiger partial charge in [0.2, 0.25) is 0 Å². The Morgan fingerprint density at radius 1 is 1.36 bits per heavy atom. The largest absolute Gasteiger partial charge is 0.366 e. The molecule has 2 saturated carbocycles. The van der Waals surface area contributed by atoms with E-state index in [2.05, 4.69) is 17.6 Å². The number of rotatable bonds is 2. The second-order valence-electron chi connectivity index (χ2n) is 4.85. The summed E-state index contributed by atoms with van der Waals surface area (Å²) in [6, 6.07) is 0.547. The highest BCUT2D eigenvalue weighted by Crippen LogP contribution is 2.49. The van der Waals surface area contributed by atoms with Gasteiger partial charge in [-0.15, -0.1) is 0 Å². The maximum atomic E-state index is 5.13. The summed E-state index contributed by atoms with van der Waals surface area (Å²) in [5.74, 6) is 2.86.